The Morgan fingerprint density at radius 3 is 2.75 bits per heavy atom. The van der Waals surface area contributed by atoms with Gasteiger partial charge in [0.05, 0.1) is 13.7 Å². The van der Waals surface area contributed by atoms with Gasteiger partial charge in [-0.1, -0.05) is 6.07 Å². The average molecular weight is 404 g/mol. The van der Waals surface area contributed by atoms with E-state index in [-0.39, 0.29) is 0 Å². The molecule has 1 fully saturated rings. The van der Waals surface area contributed by atoms with E-state index < -0.39 is 0 Å². The second kappa shape index (κ2) is 10.2. The summed E-state index contributed by atoms with van der Waals surface area (Å²) >= 11 is 1.68. The highest BCUT2D eigenvalue weighted by molar-refractivity contribution is 7.13. The lowest BCUT2D eigenvalue weighted by Crippen LogP contribution is -2.51. The minimum Gasteiger partial charge on any atom is -0.493 e. The highest BCUT2D eigenvalue weighted by Crippen LogP contribution is 2.28. The third kappa shape index (κ3) is 5.28. The number of hydrogen-bond donors (Lipinski definition) is 1. The molecule has 0 aliphatic carbocycles. The minimum atomic E-state index is 0.621. The first kappa shape index (κ1) is 20.3. The molecule has 3 rings (SSSR count). The number of benzene rings is 1. The largest absolute Gasteiger partial charge is 0.493 e. The molecule has 1 saturated heterocycles. The number of nitrogens with zero attached hydrogens (tertiary/aromatic N) is 4. The van der Waals surface area contributed by atoms with Crippen LogP contribution in [-0.2, 0) is 6.42 Å². The van der Waals surface area contributed by atoms with Crippen LogP contribution in [0.3, 0.4) is 0 Å². The molecule has 1 aromatic carbocycles. The zero-order valence-corrected chi connectivity index (χ0v) is 17.5. The molecule has 2 N–H and O–H groups in total. The van der Waals surface area contributed by atoms with Crippen molar-refractivity contribution < 1.29 is 9.47 Å². The van der Waals surface area contributed by atoms with Gasteiger partial charge in [-0.2, -0.15) is 0 Å². The molecule has 0 unspecified atom stereocenters. The number of aromatic nitrogens is 1. The Bertz CT molecular complexity index is 758. The summed E-state index contributed by atoms with van der Waals surface area (Å²) in [5.41, 5.74) is 7.42. The van der Waals surface area contributed by atoms with Crippen molar-refractivity contribution in [2.24, 2.45) is 10.7 Å². The second-order valence-electron chi connectivity index (χ2n) is 6.55. The van der Waals surface area contributed by atoms with Crippen LogP contribution in [0.2, 0.25) is 0 Å². The van der Waals surface area contributed by atoms with Gasteiger partial charge < -0.3 is 25.0 Å². The molecule has 1 aliphatic heterocycles. The Balaban J connectivity index is 1.44. The quantitative estimate of drug-likeness (QED) is 0.415. The number of rotatable bonds is 8. The minimum absolute atomic E-state index is 0.621. The van der Waals surface area contributed by atoms with Crippen LogP contribution in [0.15, 0.2) is 34.8 Å². The van der Waals surface area contributed by atoms with Crippen LogP contribution in [0.4, 0.5) is 5.13 Å². The maximum absolute atomic E-state index is 6.20. The summed E-state index contributed by atoms with van der Waals surface area (Å²) in [6.45, 7) is 6.92. The monoisotopic (exact) mass is 403 g/mol. The fourth-order valence-corrected chi connectivity index (χ4v) is 3.92. The highest BCUT2D eigenvalue weighted by atomic mass is 32.1. The molecule has 0 saturated carbocycles. The molecular weight excluding hydrogens is 374 g/mol. The lowest BCUT2D eigenvalue weighted by Gasteiger charge is -2.35. The number of hydrogen-bond acceptors (Lipinski definition) is 6. The van der Waals surface area contributed by atoms with E-state index in [1.54, 1.807) is 18.4 Å². The van der Waals surface area contributed by atoms with E-state index in [0.717, 1.165) is 55.7 Å². The van der Waals surface area contributed by atoms with E-state index in [2.05, 4.69) is 25.8 Å². The molecule has 0 amide bonds. The summed E-state index contributed by atoms with van der Waals surface area (Å²) in [6, 6.07) is 6.08. The number of aryl methyl sites for hydroxylation is 1. The van der Waals surface area contributed by atoms with Gasteiger partial charge in [-0.25, -0.2) is 4.98 Å². The van der Waals surface area contributed by atoms with Crippen molar-refractivity contribution in [3.05, 3.63) is 35.3 Å². The highest BCUT2D eigenvalue weighted by Gasteiger charge is 2.19. The summed E-state index contributed by atoms with van der Waals surface area (Å²) in [7, 11) is 1.66. The van der Waals surface area contributed by atoms with E-state index in [1.807, 2.05) is 30.6 Å². The lowest BCUT2D eigenvalue weighted by atomic mass is 10.1. The third-order valence-electron chi connectivity index (χ3n) is 4.72. The lowest BCUT2D eigenvalue weighted by molar-refractivity contribution is 0.310. The smallest absolute Gasteiger partial charge is 0.191 e. The van der Waals surface area contributed by atoms with E-state index in [0.29, 0.717) is 19.1 Å². The van der Waals surface area contributed by atoms with Crippen molar-refractivity contribution in [1.82, 2.24) is 9.88 Å². The van der Waals surface area contributed by atoms with E-state index in [1.165, 1.54) is 5.56 Å². The number of thiazole rings is 1. The fraction of sp³-hybridized carbons (Fsp3) is 0.500. The van der Waals surface area contributed by atoms with E-state index in [9.17, 15) is 0 Å². The van der Waals surface area contributed by atoms with Gasteiger partial charge in [0.2, 0.25) is 0 Å². The van der Waals surface area contributed by atoms with Crippen molar-refractivity contribution in [3.63, 3.8) is 0 Å². The van der Waals surface area contributed by atoms with Crippen molar-refractivity contribution in [2.45, 2.75) is 19.8 Å². The molecule has 0 radical (unpaired) electrons. The van der Waals surface area contributed by atoms with Gasteiger partial charge in [-0.05, 0) is 37.5 Å². The predicted molar refractivity (Wildman–Crippen MR) is 115 cm³/mol. The van der Waals surface area contributed by atoms with Crippen LogP contribution in [0.5, 0.6) is 11.5 Å². The Kier molecular flexibility index (Phi) is 7.36. The van der Waals surface area contributed by atoms with Crippen molar-refractivity contribution in [3.8, 4) is 11.5 Å². The summed E-state index contributed by atoms with van der Waals surface area (Å²) in [5.74, 6) is 2.21. The van der Waals surface area contributed by atoms with Crippen LogP contribution in [-0.4, -0.2) is 62.3 Å². The molecule has 1 aromatic heterocycles. The topological polar surface area (TPSA) is 76.2 Å². The molecule has 8 heteroatoms. The number of ether oxygens (including phenoxy) is 2. The van der Waals surface area contributed by atoms with Gasteiger partial charge in [0, 0.05) is 44.3 Å². The van der Waals surface area contributed by atoms with Crippen LogP contribution < -0.4 is 20.1 Å². The van der Waals surface area contributed by atoms with Gasteiger partial charge in [0.15, 0.2) is 22.6 Å². The zero-order chi connectivity index (χ0) is 19.8. The first-order valence-corrected chi connectivity index (χ1v) is 10.6. The van der Waals surface area contributed by atoms with Gasteiger partial charge >= 0.3 is 0 Å². The number of methoxy groups -OCH3 is 1. The Labute approximate surface area is 170 Å². The predicted octanol–water partition coefficient (Wildman–Crippen LogP) is 2.62. The number of guanidine groups is 1. The summed E-state index contributed by atoms with van der Waals surface area (Å²) < 4.78 is 11.0. The first-order valence-electron chi connectivity index (χ1n) is 9.70. The van der Waals surface area contributed by atoms with Gasteiger partial charge in [0.25, 0.3) is 0 Å². The van der Waals surface area contributed by atoms with Gasteiger partial charge in [-0.15, -0.1) is 11.3 Å². The van der Waals surface area contributed by atoms with Crippen LogP contribution in [0.1, 0.15) is 18.9 Å². The fourth-order valence-electron chi connectivity index (χ4n) is 3.22. The van der Waals surface area contributed by atoms with Crippen LogP contribution in [0, 0.1) is 0 Å². The standard InChI is InChI=1S/C20H29N5O2S/c1-3-27-18-15-16(6-7-17(18)26-2)5-4-8-22-19(21)24-10-12-25(13-11-24)20-23-9-14-28-20/h6-7,9,14-15H,3-5,8,10-13H2,1-2H3,(H2,21,22). The Hall–Kier alpha value is -2.48. The molecule has 1 aliphatic rings. The number of aliphatic imine (C=N–C) groups is 1. The second-order valence-corrected chi connectivity index (χ2v) is 7.42. The maximum atomic E-state index is 6.20. The van der Waals surface area contributed by atoms with Gasteiger partial charge in [-0.3, -0.25) is 4.99 Å². The summed E-state index contributed by atoms with van der Waals surface area (Å²) in [5, 5.41) is 3.10. The number of anilines is 1. The maximum Gasteiger partial charge on any atom is 0.191 e. The van der Waals surface area contributed by atoms with Crippen LogP contribution in [0.25, 0.3) is 0 Å². The normalized spacial score (nSPS) is 15.0. The molecule has 0 spiro atoms. The molecule has 2 aromatic rings. The molecule has 152 valence electrons. The SMILES string of the molecule is CCOc1cc(CCCN=C(N)N2CCN(c3nccs3)CC2)ccc1OC. The Morgan fingerprint density at radius 1 is 1.25 bits per heavy atom. The first-order chi connectivity index (χ1) is 13.7. The van der Waals surface area contributed by atoms with Crippen molar-refractivity contribution in [2.75, 3.05) is 51.3 Å². The third-order valence-corrected chi connectivity index (χ3v) is 5.55. The summed E-state index contributed by atoms with van der Waals surface area (Å²) in [6.07, 6.45) is 3.72. The average Bonchev–Trinajstić information content (AvgIpc) is 3.26. The number of nitrogens with two attached hydrogens (primary N) is 1. The number of piperazine rings is 1. The Morgan fingerprint density at radius 2 is 2.07 bits per heavy atom. The molecule has 2 heterocycles. The molecule has 28 heavy (non-hydrogen) atoms. The van der Waals surface area contributed by atoms with Crippen molar-refractivity contribution >= 4 is 22.4 Å². The molecule has 7 nitrogen and oxygen atoms in total. The van der Waals surface area contributed by atoms with Crippen molar-refractivity contribution in [1.29, 1.82) is 0 Å². The summed E-state index contributed by atoms with van der Waals surface area (Å²) in [4.78, 5) is 13.4. The zero-order valence-electron chi connectivity index (χ0n) is 16.6. The van der Waals surface area contributed by atoms with E-state index >= 15 is 0 Å². The molecule has 0 bridgehead atoms. The van der Waals surface area contributed by atoms with E-state index in [4.69, 9.17) is 15.2 Å². The molecular formula is C20H29N5O2S. The molecule has 0 atom stereocenters. The van der Waals surface area contributed by atoms with Gasteiger partial charge in [0.1, 0.15) is 0 Å². The van der Waals surface area contributed by atoms with Crippen LogP contribution >= 0.6 is 11.3 Å².